The Kier molecular flexibility index (Phi) is 3.91. The highest BCUT2D eigenvalue weighted by molar-refractivity contribution is 5.87. The second-order valence-corrected chi connectivity index (χ2v) is 6.81. The van der Waals surface area contributed by atoms with Crippen LogP contribution in [0, 0.1) is 0 Å². The highest BCUT2D eigenvalue weighted by atomic mass is 16.6. The molecule has 29 heavy (non-hydrogen) atoms. The predicted octanol–water partition coefficient (Wildman–Crippen LogP) is 3.75. The molecule has 0 radical (unpaired) electrons. The second-order valence-electron chi connectivity index (χ2n) is 6.81. The third kappa shape index (κ3) is 2.69. The summed E-state index contributed by atoms with van der Waals surface area (Å²) >= 11 is 0. The minimum Gasteiger partial charge on any atom is -0.448 e. The summed E-state index contributed by atoms with van der Waals surface area (Å²) in [6, 6.07) is 22.2. The first kappa shape index (κ1) is 17.2. The summed E-state index contributed by atoms with van der Waals surface area (Å²) in [7, 11) is 0. The number of benzene rings is 3. The molecule has 0 saturated heterocycles. The summed E-state index contributed by atoms with van der Waals surface area (Å²) in [5, 5.41) is 0.139. The lowest BCUT2D eigenvalue weighted by atomic mass is 9.98. The van der Waals surface area contributed by atoms with Gasteiger partial charge in [-0.1, -0.05) is 60.7 Å². The topological polar surface area (TPSA) is 78.5 Å². The summed E-state index contributed by atoms with van der Waals surface area (Å²) in [6.07, 6.45) is -0.878. The van der Waals surface area contributed by atoms with Crippen molar-refractivity contribution in [1.29, 1.82) is 0 Å². The van der Waals surface area contributed by atoms with E-state index in [1.54, 1.807) is 12.1 Å². The summed E-state index contributed by atoms with van der Waals surface area (Å²) in [4.78, 5) is 36.8. The average Bonchev–Trinajstić information content (AvgIpc) is 3.06. The van der Waals surface area contributed by atoms with E-state index in [1.165, 1.54) is 12.1 Å². The average molecular weight is 385 g/mol. The molecule has 6 nitrogen and oxygen atoms in total. The summed E-state index contributed by atoms with van der Waals surface area (Å²) in [6.45, 7) is 0.0623. The maximum atomic E-state index is 12.8. The van der Waals surface area contributed by atoms with E-state index >= 15 is 0 Å². The Labute approximate surface area is 164 Å². The zero-order valence-electron chi connectivity index (χ0n) is 15.2. The molecule has 142 valence electrons. The second kappa shape index (κ2) is 6.60. The van der Waals surface area contributed by atoms with E-state index in [0.717, 1.165) is 26.8 Å². The van der Waals surface area contributed by atoms with Crippen molar-refractivity contribution >= 4 is 17.0 Å². The summed E-state index contributed by atoms with van der Waals surface area (Å²) in [5.74, 6) is -1.20. The van der Waals surface area contributed by atoms with Crippen molar-refractivity contribution in [2.24, 2.45) is 0 Å². The molecule has 0 spiro atoms. The van der Waals surface area contributed by atoms with E-state index < -0.39 is 17.5 Å². The number of para-hydroxylation sites is 1. The van der Waals surface area contributed by atoms with Crippen LogP contribution in [0.5, 0.6) is 0 Å². The van der Waals surface area contributed by atoms with Gasteiger partial charge in [0.15, 0.2) is 0 Å². The minimum atomic E-state index is -1.06. The lowest BCUT2D eigenvalue weighted by Gasteiger charge is -2.15. The van der Waals surface area contributed by atoms with E-state index in [-0.39, 0.29) is 23.4 Å². The third-order valence-electron chi connectivity index (χ3n) is 5.25. The molecule has 6 heteroatoms. The number of aromatic nitrogens is 1. The highest BCUT2D eigenvalue weighted by Crippen LogP contribution is 2.44. The van der Waals surface area contributed by atoms with Crippen LogP contribution in [0.25, 0.3) is 22.0 Å². The number of carbonyl (C=O) groups is 1. The lowest BCUT2D eigenvalue weighted by Crippen LogP contribution is -2.31. The molecule has 4 aromatic rings. The Bertz CT molecular complexity index is 1340. The van der Waals surface area contributed by atoms with Gasteiger partial charge in [-0.05, 0) is 34.4 Å². The SMILES string of the molecule is O=C(OCC1c2ccccc2-c2ccccc21)n1c(=O)oc(=O)c2ccccc21. The van der Waals surface area contributed by atoms with Crippen LogP contribution in [0.4, 0.5) is 4.79 Å². The van der Waals surface area contributed by atoms with Crippen LogP contribution in [-0.2, 0) is 4.74 Å². The monoisotopic (exact) mass is 385 g/mol. The van der Waals surface area contributed by atoms with Crippen molar-refractivity contribution in [2.75, 3.05) is 6.61 Å². The minimum absolute atomic E-state index is 0.0623. The van der Waals surface area contributed by atoms with E-state index in [9.17, 15) is 14.4 Å². The Morgan fingerprint density at radius 1 is 0.862 bits per heavy atom. The largest absolute Gasteiger partial charge is 0.448 e. The normalized spacial score (nSPS) is 12.6. The fourth-order valence-electron chi connectivity index (χ4n) is 3.95. The molecule has 0 fully saturated rings. The number of hydrogen-bond donors (Lipinski definition) is 0. The van der Waals surface area contributed by atoms with Gasteiger partial charge in [0, 0.05) is 5.92 Å². The Balaban J connectivity index is 1.51. The van der Waals surface area contributed by atoms with Gasteiger partial charge in [0.25, 0.3) is 0 Å². The van der Waals surface area contributed by atoms with Gasteiger partial charge in [-0.15, -0.1) is 0 Å². The fourth-order valence-corrected chi connectivity index (χ4v) is 3.95. The Morgan fingerprint density at radius 3 is 2.14 bits per heavy atom. The van der Waals surface area contributed by atoms with Crippen molar-refractivity contribution in [2.45, 2.75) is 5.92 Å². The molecule has 0 amide bonds. The van der Waals surface area contributed by atoms with E-state index in [4.69, 9.17) is 4.74 Å². The number of rotatable bonds is 2. The molecule has 0 unspecified atom stereocenters. The molecule has 3 aromatic carbocycles. The first-order chi connectivity index (χ1) is 14.1. The van der Waals surface area contributed by atoms with Crippen molar-refractivity contribution in [1.82, 2.24) is 4.57 Å². The first-order valence-electron chi connectivity index (χ1n) is 9.15. The fraction of sp³-hybridized carbons (Fsp3) is 0.0870. The van der Waals surface area contributed by atoms with Gasteiger partial charge in [0.1, 0.15) is 6.61 Å². The number of nitrogens with zero attached hydrogens (tertiary/aromatic N) is 1. The molecule has 1 heterocycles. The molecule has 0 N–H and O–H groups in total. The first-order valence-corrected chi connectivity index (χ1v) is 9.15. The van der Waals surface area contributed by atoms with Crippen molar-refractivity contribution < 1.29 is 13.9 Å². The van der Waals surface area contributed by atoms with Crippen LogP contribution in [0.2, 0.25) is 0 Å². The van der Waals surface area contributed by atoms with Crippen LogP contribution in [-0.4, -0.2) is 17.3 Å². The molecule has 1 aliphatic carbocycles. The van der Waals surface area contributed by atoms with Gasteiger partial charge in [0.2, 0.25) is 0 Å². The maximum Gasteiger partial charge on any atom is 0.432 e. The Morgan fingerprint density at radius 2 is 1.45 bits per heavy atom. The molecular weight excluding hydrogens is 370 g/mol. The van der Waals surface area contributed by atoms with E-state index in [1.807, 2.05) is 48.5 Å². The zero-order valence-corrected chi connectivity index (χ0v) is 15.2. The van der Waals surface area contributed by atoms with E-state index in [2.05, 4.69) is 4.42 Å². The van der Waals surface area contributed by atoms with Crippen LogP contribution < -0.4 is 11.4 Å². The van der Waals surface area contributed by atoms with Gasteiger partial charge in [0.05, 0.1) is 10.9 Å². The van der Waals surface area contributed by atoms with Gasteiger partial charge in [-0.2, -0.15) is 4.57 Å². The molecule has 0 atom stereocenters. The van der Waals surface area contributed by atoms with Gasteiger partial charge in [-0.25, -0.2) is 14.4 Å². The molecule has 0 saturated carbocycles. The van der Waals surface area contributed by atoms with Gasteiger partial charge < -0.3 is 9.15 Å². The number of fused-ring (bicyclic) bond motifs is 4. The zero-order chi connectivity index (χ0) is 20.0. The Hall–Kier alpha value is -3.93. The van der Waals surface area contributed by atoms with Crippen molar-refractivity contribution in [3.63, 3.8) is 0 Å². The summed E-state index contributed by atoms with van der Waals surface area (Å²) < 4.78 is 10.9. The van der Waals surface area contributed by atoms with E-state index in [0.29, 0.717) is 0 Å². The van der Waals surface area contributed by atoms with Crippen molar-refractivity contribution in [3.8, 4) is 11.1 Å². The van der Waals surface area contributed by atoms with Crippen LogP contribution in [0.1, 0.15) is 17.0 Å². The molecule has 5 rings (SSSR count). The smallest absolute Gasteiger partial charge is 0.432 e. The number of ether oxygens (including phenoxy) is 1. The lowest BCUT2D eigenvalue weighted by molar-refractivity contribution is 0.142. The quantitative estimate of drug-likeness (QED) is 0.525. The third-order valence-corrected chi connectivity index (χ3v) is 5.25. The predicted molar refractivity (Wildman–Crippen MR) is 107 cm³/mol. The van der Waals surface area contributed by atoms with Crippen LogP contribution in [0.15, 0.2) is 86.8 Å². The van der Waals surface area contributed by atoms with Crippen LogP contribution in [0.3, 0.4) is 0 Å². The molecule has 1 aliphatic rings. The highest BCUT2D eigenvalue weighted by Gasteiger charge is 2.29. The molecule has 1 aromatic heterocycles. The number of carbonyl (C=O) groups excluding carboxylic acids is 1. The molecule has 0 bridgehead atoms. The number of hydrogen-bond acceptors (Lipinski definition) is 5. The summed E-state index contributed by atoms with van der Waals surface area (Å²) in [5.41, 5.74) is 3.73. The van der Waals surface area contributed by atoms with Crippen LogP contribution >= 0.6 is 0 Å². The maximum absolute atomic E-state index is 12.8. The van der Waals surface area contributed by atoms with Gasteiger partial charge >= 0.3 is 17.5 Å². The molecule has 0 aliphatic heterocycles. The van der Waals surface area contributed by atoms with Crippen molar-refractivity contribution in [3.05, 3.63) is 105 Å². The van der Waals surface area contributed by atoms with Gasteiger partial charge in [-0.3, -0.25) is 0 Å². The molecular formula is C23H15NO5. The standard InChI is InChI=1S/C23H15NO5/c25-21-18-11-5-6-12-20(18)24(23(27)29-21)22(26)28-13-19-16-9-3-1-7-14(16)15-8-2-4-10-17(15)19/h1-12,19H,13H2.